The molecule has 0 radical (unpaired) electrons. The molecule has 3 aromatic rings. The first kappa shape index (κ1) is 22.4. The molecule has 3 aromatic carbocycles. The van der Waals surface area contributed by atoms with Crippen LogP contribution in [0.5, 0.6) is 5.75 Å². The van der Waals surface area contributed by atoms with Gasteiger partial charge < -0.3 is 10.1 Å². The summed E-state index contributed by atoms with van der Waals surface area (Å²) in [6, 6.07) is 18.0. The molecule has 0 saturated carbocycles. The van der Waals surface area contributed by atoms with Crippen molar-refractivity contribution in [2.24, 2.45) is 0 Å². The Labute approximate surface area is 200 Å². The second kappa shape index (κ2) is 9.40. The van der Waals surface area contributed by atoms with Crippen LogP contribution in [-0.2, 0) is 0 Å². The van der Waals surface area contributed by atoms with Crippen LogP contribution in [-0.4, -0.2) is 29.4 Å². The van der Waals surface area contributed by atoms with Crippen molar-refractivity contribution in [2.45, 2.75) is 6.92 Å². The number of imide groups is 1. The summed E-state index contributed by atoms with van der Waals surface area (Å²) >= 11 is 11.4. The lowest BCUT2D eigenvalue weighted by Gasteiger charge is -2.16. The number of halogens is 1. The molecule has 0 spiro atoms. The van der Waals surface area contributed by atoms with E-state index in [2.05, 4.69) is 10.6 Å². The van der Waals surface area contributed by atoms with Crippen LogP contribution in [0.2, 0.25) is 5.02 Å². The standard InChI is InChI=1S/C24H18ClN3O4S/c1-2-32-20-11-10-14(12-19(20)25)21(29)27-24(33)26-15-6-5-7-16(13-15)28-22(30)17-8-3-4-9-18(17)23(28)31/h3-13H,2H2,1H3,(H2,26,27,29,33). The van der Waals surface area contributed by atoms with Crippen molar-refractivity contribution in [1.82, 2.24) is 5.32 Å². The van der Waals surface area contributed by atoms with Crippen molar-refractivity contribution in [3.8, 4) is 5.75 Å². The summed E-state index contributed by atoms with van der Waals surface area (Å²) in [6.45, 7) is 2.30. The fourth-order valence-corrected chi connectivity index (χ4v) is 3.84. The van der Waals surface area contributed by atoms with Gasteiger partial charge in [0.25, 0.3) is 17.7 Å². The predicted molar refractivity (Wildman–Crippen MR) is 130 cm³/mol. The van der Waals surface area contributed by atoms with Crippen LogP contribution in [0.1, 0.15) is 38.0 Å². The lowest BCUT2D eigenvalue weighted by Crippen LogP contribution is -2.34. The number of benzene rings is 3. The Kier molecular flexibility index (Phi) is 6.39. The number of carbonyl (C=O) groups is 3. The Morgan fingerprint density at radius 2 is 1.70 bits per heavy atom. The maximum atomic E-state index is 12.7. The number of hydrogen-bond acceptors (Lipinski definition) is 5. The first-order valence-electron chi connectivity index (χ1n) is 10.0. The van der Waals surface area contributed by atoms with E-state index in [0.29, 0.717) is 45.4 Å². The van der Waals surface area contributed by atoms with Crippen LogP contribution in [0.15, 0.2) is 66.7 Å². The Morgan fingerprint density at radius 1 is 1.00 bits per heavy atom. The molecule has 0 unspecified atom stereocenters. The minimum absolute atomic E-state index is 0.0459. The number of carbonyl (C=O) groups excluding carboxylic acids is 3. The SMILES string of the molecule is CCOc1ccc(C(=O)NC(=S)Nc2cccc(N3C(=O)c4ccccc4C3=O)c2)cc1Cl. The Balaban J connectivity index is 1.45. The van der Waals surface area contributed by atoms with Gasteiger partial charge in [-0.3, -0.25) is 19.7 Å². The highest BCUT2D eigenvalue weighted by Crippen LogP contribution is 2.30. The van der Waals surface area contributed by atoms with Gasteiger partial charge in [0.1, 0.15) is 5.75 Å². The monoisotopic (exact) mass is 479 g/mol. The van der Waals surface area contributed by atoms with Crippen molar-refractivity contribution in [3.63, 3.8) is 0 Å². The van der Waals surface area contributed by atoms with Gasteiger partial charge in [0.2, 0.25) is 0 Å². The first-order valence-corrected chi connectivity index (χ1v) is 10.8. The normalized spacial score (nSPS) is 12.4. The average Bonchev–Trinajstić information content (AvgIpc) is 3.05. The van der Waals surface area contributed by atoms with Gasteiger partial charge in [-0.25, -0.2) is 4.90 Å². The number of amides is 3. The van der Waals surface area contributed by atoms with E-state index in [1.807, 2.05) is 6.92 Å². The van der Waals surface area contributed by atoms with E-state index in [0.717, 1.165) is 4.90 Å². The number of fused-ring (bicyclic) bond motifs is 1. The van der Waals surface area contributed by atoms with Gasteiger partial charge in [-0.05, 0) is 67.7 Å². The number of nitrogens with one attached hydrogen (secondary N) is 2. The molecule has 4 rings (SSSR count). The summed E-state index contributed by atoms with van der Waals surface area (Å²) in [5.74, 6) is -0.748. The second-order valence-electron chi connectivity index (χ2n) is 7.03. The van der Waals surface area contributed by atoms with Gasteiger partial charge >= 0.3 is 0 Å². The Bertz CT molecular complexity index is 1260. The van der Waals surface area contributed by atoms with E-state index in [9.17, 15) is 14.4 Å². The molecule has 166 valence electrons. The third-order valence-corrected chi connectivity index (χ3v) is 5.38. The third kappa shape index (κ3) is 4.57. The maximum absolute atomic E-state index is 12.7. The zero-order valence-electron chi connectivity index (χ0n) is 17.4. The quantitative estimate of drug-likeness (QED) is 0.408. The van der Waals surface area contributed by atoms with Gasteiger partial charge in [0.05, 0.1) is 28.4 Å². The zero-order valence-corrected chi connectivity index (χ0v) is 19.0. The molecule has 1 aliphatic heterocycles. The molecule has 1 aliphatic rings. The van der Waals surface area contributed by atoms with Crippen LogP contribution in [0, 0.1) is 0 Å². The zero-order chi connectivity index (χ0) is 23.5. The van der Waals surface area contributed by atoms with Crippen LogP contribution < -0.4 is 20.3 Å². The van der Waals surface area contributed by atoms with E-state index in [1.165, 1.54) is 6.07 Å². The molecule has 0 fully saturated rings. The fraction of sp³-hybridized carbons (Fsp3) is 0.0833. The molecule has 0 aliphatic carbocycles. The molecular formula is C24H18ClN3O4S. The van der Waals surface area contributed by atoms with Crippen molar-refractivity contribution < 1.29 is 19.1 Å². The largest absolute Gasteiger partial charge is 0.492 e. The lowest BCUT2D eigenvalue weighted by molar-refractivity contribution is 0.0923. The number of thiocarbonyl (C=S) groups is 1. The van der Waals surface area contributed by atoms with Crippen LogP contribution in [0.4, 0.5) is 11.4 Å². The highest BCUT2D eigenvalue weighted by atomic mass is 35.5. The summed E-state index contributed by atoms with van der Waals surface area (Å²) in [4.78, 5) is 39.1. The second-order valence-corrected chi connectivity index (χ2v) is 7.84. The molecule has 0 aromatic heterocycles. The maximum Gasteiger partial charge on any atom is 0.266 e. The minimum atomic E-state index is -0.450. The van der Waals surface area contributed by atoms with Gasteiger partial charge in [0.15, 0.2) is 5.11 Å². The Morgan fingerprint density at radius 3 is 2.33 bits per heavy atom. The predicted octanol–water partition coefficient (Wildman–Crippen LogP) is 4.67. The van der Waals surface area contributed by atoms with E-state index in [1.54, 1.807) is 60.7 Å². The van der Waals surface area contributed by atoms with Crippen molar-refractivity contribution >= 4 is 58.0 Å². The van der Waals surface area contributed by atoms with Crippen LogP contribution >= 0.6 is 23.8 Å². The fourth-order valence-electron chi connectivity index (χ4n) is 3.40. The third-order valence-electron chi connectivity index (χ3n) is 4.88. The Hall–Kier alpha value is -3.75. The molecule has 0 saturated heterocycles. The van der Waals surface area contributed by atoms with Crippen molar-refractivity contribution in [1.29, 1.82) is 0 Å². The number of nitrogens with zero attached hydrogens (tertiary/aromatic N) is 1. The van der Waals surface area contributed by atoms with Gasteiger partial charge in [-0.15, -0.1) is 0 Å². The molecular weight excluding hydrogens is 462 g/mol. The molecule has 33 heavy (non-hydrogen) atoms. The molecule has 1 heterocycles. The summed E-state index contributed by atoms with van der Waals surface area (Å²) < 4.78 is 5.37. The molecule has 2 N–H and O–H groups in total. The lowest BCUT2D eigenvalue weighted by atomic mass is 10.1. The average molecular weight is 480 g/mol. The smallest absolute Gasteiger partial charge is 0.266 e. The van der Waals surface area contributed by atoms with E-state index >= 15 is 0 Å². The molecule has 0 bridgehead atoms. The van der Waals surface area contributed by atoms with Gasteiger partial charge in [0, 0.05) is 11.3 Å². The summed E-state index contributed by atoms with van der Waals surface area (Å²) in [6.07, 6.45) is 0. The van der Waals surface area contributed by atoms with Crippen LogP contribution in [0.3, 0.4) is 0 Å². The topological polar surface area (TPSA) is 87.7 Å². The highest BCUT2D eigenvalue weighted by Gasteiger charge is 2.36. The summed E-state index contributed by atoms with van der Waals surface area (Å²) in [5, 5.41) is 5.84. The van der Waals surface area contributed by atoms with Crippen molar-refractivity contribution in [3.05, 3.63) is 88.4 Å². The molecule has 7 nitrogen and oxygen atoms in total. The molecule has 0 atom stereocenters. The number of ether oxygens (including phenoxy) is 1. The van der Waals surface area contributed by atoms with E-state index in [-0.39, 0.29) is 5.11 Å². The van der Waals surface area contributed by atoms with Gasteiger partial charge in [-0.1, -0.05) is 29.8 Å². The van der Waals surface area contributed by atoms with Gasteiger partial charge in [-0.2, -0.15) is 0 Å². The van der Waals surface area contributed by atoms with Crippen molar-refractivity contribution in [2.75, 3.05) is 16.8 Å². The summed E-state index contributed by atoms with van der Waals surface area (Å²) in [5.41, 5.74) is 1.92. The van der Waals surface area contributed by atoms with Crippen LogP contribution in [0.25, 0.3) is 0 Å². The molecule has 9 heteroatoms. The number of hydrogen-bond donors (Lipinski definition) is 2. The van der Waals surface area contributed by atoms with E-state index < -0.39 is 17.7 Å². The minimum Gasteiger partial charge on any atom is -0.492 e. The number of rotatable bonds is 5. The number of anilines is 2. The first-order chi connectivity index (χ1) is 15.9. The highest BCUT2D eigenvalue weighted by molar-refractivity contribution is 7.80. The molecule has 3 amide bonds. The van der Waals surface area contributed by atoms with E-state index in [4.69, 9.17) is 28.6 Å². The summed E-state index contributed by atoms with van der Waals surface area (Å²) in [7, 11) is 0.